The van der Waals surface area contributed by atoms with Crippen molar-refractivity contribution in [3.8, 4) is 0 Å². The summed E-state index contributed by atoms with van der Waals surface area (Å²) in [6, 6.07) is 0. The summed E-state index contributed by atoms with van der Waals surface area (Å²) < 4.78 is 15.1. The lowest BCUT2D eigenvalue weighted by Gasteiger charge is -2.06. The number of carbonyl (C=O) groups is 1. The minimum absolute atomic E-state index is 0.0911. The molecule has 96 valence electrons. The Morgan fingerprint density at radius 1 is 1.12 bits per heavy atom. The topological polar surface area (TPSA) is 56.8 Å². The predicted molar refractivity (Wildman–Crippen MR) is 61.4 cm³/mol. The molecule has 0 bridgehead atoms. The van der Waals surface area contributed by atoms with Crippen LogP contribution >= 0.6 is 0 Å². The molecule has 0 aliphatic carbocycles. The van der Waals surface area contributed by atoms with Crippen LogP contribution in [0.15, 0.2) is 0 Å². The van der Waals surface area contributed by atoms with Crippen molar-refractivity contribution in [2.24, 2.45) is 0 Å². The van der Waals surface area contributed by atoms with Crippen molar-refractivity contribution >= 4 is 5.91 Å². The molecular weight excluding hydrogens is 210 g/mol. The number of hydrogen-bond donors (Lipinski definition) is 1. The lowest BCUT2D eigenvalue weighted by atomic mass is 10.4. The second-order valence-electron chi connectivity index (χ2n) is 3.36. The largest absolute Gasteiger partial charge is 0.382 e. The maximum Gasteiger partial charge on any atom is 0.246 e. The van der Waals surface area contributed by atoms with Crippen LogP contribution in [0.3, 0.4) is 0 Å². The average molecular weight is 233 g/mol. The Balaban J connectivity index is 3.11. The van der Waals surface area contributed by atoms with Gasteiger partial charge < -0.3 is 19.5 Å². The van der Waals surface area contributed by atoms with Gasteiger partial charge in [0, 0.05) is 26.9 Å². The van der Waals surface area contributed by atoms with Crippen LogP contribution in [-0.2, 0) is 19.0 Å². The van der Waals surface area contributed by atoms with Crippen molar-refractivity contribution in [2.45, 2.75) is 19.8 Å². The summed E-state index contributed by atoms with van der Waals surface area (Å²) in [6.45, 7) is 5.24. The van der Waals surface area contributed by atoms with Crippen molar-refractivity contribution in [1.29, 1.82) is 0 Å². The Morgan fingerprint density at radius 2 is 1.94 bits per heavy atom. The van der Waals surface area contributed by atoms with Crippen LogP contribution in [0.2, 0.25) is 0 Å². The summed E-state index contributed by atoms with van der Waals surface area (Å²) in [4.78, 5) is 11.2. The van der Waals surface area contributed by atoms with Gasteiger partial charge in [0.2, 0.25) is 5.91 Å². The molecule has 0 aliphatic rings. The van der Waals surface area contributed by atoms with Crippen LogP contribution in [-0.4, -0.2) is 52.6 Å². The van der Waals surface area contributed by atoms with Gasteiger partial charge in [-0.05, 0) is 12.8 Å². The highest BCUT2D eigenvalue weighted by atomic mass is 16.5. The van der Waals surface area contributed by atoms with Crippen molar-refractivity contribution in [3.63, 3.8) is 0 Å². The first kappa shape index (κ1) is 15.3. The summed E-state index contributed by atoms with van der Waals surface area (Å²) >= 11 is 0. The third kappa shape index (κ3) is 11.4. The molecule has 0 rings (SSSR count). The lowest BCUT2D eigenvalue weighted by molar-refractivity contribution is -0.126. The zero-order chi connectivity index (χ0) is 12.1. The van der Waals surface area contributed by atoms with E-state index in [9.17, 15) is 4.79 Å². The van der Waals surface area contributed by atoms with E-state index in [4.69, 9.17) is 14.2 Å². The first-order valence-corrected chi connectivity index (χ1v) is 5.72. The average Bonchev–Trinajstić information content (AvgIpc) is 2.29. The maximum atomic E-state index is 11.2. The molecule has 0 aromatic heterocycles. The zero-order valence-corrected chi connectivity index (χ0v) is 10.3. The number of hydrogen-bond acceptors (Lipinski definition) is 4. The molecule has 0 radical (unpaired) electrons. The molecule has 0 aromatic rings. The van der Waals surface area contributed by atoms with Crippen molar-refractivity contribution in [3.05, 3.63) is 0 Å². The Bertz CT molecular complexity index is 164. The standard InChI is InChI=1S/C11H23NO4/c1-3-6-15-7-4-5-12-11(13)10-16-9-8-14-2/h3-10H2,1-2H3,(H,12,13). The van der Waals surface area contributed by atoms with Gasteiger partial charge in [0.15, 0.2) is 0 Å². The van der Waals surface area contributed by atoms with E-state index in [2.05, 4.69) is 12.2 Å². The lowest BCUT2D eigenvalue weighted by Crippen LogP contribution is -2.29. The first-order chi connectivity index (χ1) is 7.81. The maximum absolute atomic E-state index is 11.2. The fourth-order valence-electron chi connectivity index (χ4n) is 1.01. The fraction of sp³-hybridized carbons (Fsp3) is 0.909. The molecule has 0 saturated heterocycles. The normalized spacial score (nSPS) is 10.4. The predicted octanol–water partition coefficient (Wildman–Crippen LogP) is 0.582. The Morgan fingerprint density at radius 3 is 2.62 bits per heavy atom. The van der Waals surface area contributed by atoms with Crippen molar-refractivity contribution in [2.75, 3.05) is 46.7 Å². The number of amides is 1. The first-order valence-electron chi connectivity index (χ1n) is 5.72. The van der Waals surface area contributed by atoms with E-state index >= 15 is 0 Å². The van der Waals surface area contributed by atoms with Gasteiger partial charge in [0.05, 0.1) is 13.2 Å². The molecule has 0 aromatic carbocycles. The highest BCUT2D eigenvalue weighted by Gasteiger charge is 1.99. The van der Waals surface area contributed by atoms with Crippen LogP contribution < -0.4 is 5.32 Å². The third-order valence-corrected chi connectivity index (χ3v) is 1.80. The smallest absolute Gasteiger partial charge is 0.246 e. The summed E-state index contributed by atoms with van der Waals surface area (Å²) in [5.74, 6) is -0.0911. The van der Waals surface area contributed by atoms with E-state index in [1.165, 1.54) is 0 Å². The molecular formula is C11H23NO4. The van der Waals surface area contributed by atoms with Gasteiger partial charge in [0.1, 0.15) is 6.61 Å². The molecule has 5 nitrogen and oxygen atoms in total. The number of carbonyl (C=O) groups excluding carboxylic acids is 1. The number of ether oxygens (including phenoxy) is 3. The minimum atomic E-state index is -0.0911. The van der Waals surface area contributed by atoms with Crippen LogP contribution in [0.4, 0.5) is 0 Å². The molecule has 16 heavy (non-hydrogen) atoms. The van der Waals surface area contributed by atoms with Crippen LogP contribution in [0.25, 0.3) is 0 Å². The van der Waals surface area contributed by atoms with E-state index < -0.39 is 0 Å². The highest BCUT2D eigenvalue weighted by Crippen LogP contribution is 1.84. The zero-order valence-electron chi connectivity index (χ0n) is 10.3. The van der Waals surface area contributed by atoms with Crippen LogP contribution in [0, 0.1) is 0 Å². The molecule has 0 heterocycles. The summed E-state index contributed by atoms with van der Waals surface area (Å²) in [6.07, 6.45) is 1.86. The van der Waals surface area contributed by atoms with Gasteiger partial charge in [-0.3, -0.25) is 4.79 Å². The van der Waals surface area contributed by atoms with Crippen molar-refractivity contribution in [1.82, 2.24) is 5.32 Å². The van der Waals surface area contributed by atoms with E-state index in [1.807, 2.05) is 0 Å². The van der Waals surface area contributed by atoms with Gasteiger partial charge >= 0.3 is 0 Å². The molecule has 1 amide bonds. The van der Waals surface area contributed by atoms with Gasteiger partial charge in [0.25, 0.3) is 0 Å². The van der Waals surface area contributed by atoms with Crippen LogP contribution in [0.1, 0.15) is 19.8 Å². The van der Waals surface area contributed by atoms with E-state index in [0.29, 0.717) is 26.4 Å². The SMILES string of the molecule is CCCOCCCNC(=O)COCCOC. The van der Waals surface area contributed by atoms with E-state index in [1.54, 1.807) is 7.11 Å². The van der Waals surface area contributed by atoms with Gasteiger partial charge in [-0.2, -0.15) is 0 Å². The number of rotatable bonds is 11. The molecule has 0 fully saturated rings. The van der Waals surface area contributed by atoms with Gasteiger partial charge in [-0.25, -0.2) is 0 Å². The monoisotopic (exact) mass is 233 g/mol. The minimum Gasteiger partial charge on any atom is -0.382 e. The molecule has 0 unspecified atom stereocenters. The van der Waals surface area contributed by atoms with Crippen LogP contribution in [0.5, 0.6) is 0 Å². The molecule has 5 heteroatoms. The highest BCUT2D eigenvalue weighted by molar-refractivity contribution is 5.77. The molecule has 1 N–H and O–H groups in total. The Labute approximate surface area is 97.4 Å². The third-order valence-electron chi connectivity index (χ3n) is 1.80. The molecule has 0 saturated carbocycles. The summed E-state index contributed by atoms with van der Waals surface area (Å²) in [7, 11) is 1.60. The Hall–Kier alpha value is -0.650. The van der Waals surface area contributed by atoms with E-state index in [-0.39, 0.29) is 12.5 Å². The van der Waals surface area contributed by atoms with Gasteiger partial charge in [-0.1, -0.05) is 6.92 Å². The summed E-state index contributed by atoms with van der Waals surface area (Å²) in [5.41, 5.74) is 0. The van der Waals surface area contributed by atoms with E-state index in [0.717, 1.165) is 19.4 Å². The second-order valence-corrected chi connectivity index (χ2v) is 3.36. The molecule has 0 atom stereocenters. The van der Waals surface area contributed by atoms with Gasteiger partial charge in [-0.15, -0.1) is 0 Å². The summed E-state index contributed by atoms with van der Waals surface area (Å²) in [5, 5.41) is 2.75. The number of nitrogens with one attached hydrogen (secondary N) is 1. The quantitative estimate of drug-likeness (QED) is 0.530. The Kier molecular flexibility index (Phi) is 11.9. The molecule has 0 spiro atoms. The fourth-order valence-corrected chi connectivity index (χ4v) is 1.01. The molecule has 0 aliphatic heterocycles. The van der Waals surface area contributed by atoms with Crippen molar-refractivity contribution < 1.29 is 19.0 Å². The second kappa shape index (κ2) is 12.4. The number of methoxy groups -OCH3 is 1.